The number of aliphatic hydroxyl groups is 1. The lowest BCUT2D eigenvalue weighted by Crippen LogP contribution is -2.64. The molecule has 2 atom stereocenters. The first-order valence-electron chi connectivity index (χ1n) is 9.86. The molecule has 1 aliphatic heterocycles. The van der Waals surface area contributed by atoms with Crippen molar-refractivity contribution < 1.29 is 19.7 Å². The molecule has 0 radical (unpaired) electrons. The van der Waals surface area contributed by atoms with E-state index in [9.17, 15) is 15.0 Å². The van der Waals surface area contributed by atoms with Crippen molar-refractivity contribution in [1.29, 1.82) is 0 Å². The molecule has 3 rings (SSSR count). The number of ether oxygens (including phenoxy) is 1. The molecular formula is C24H29O4-. The monoisotopic (exact) mass is 381 g/mol. The Morgan fingerprint density at radius 2 is 1.50 bits per heavy atom. The molecule has 0 saturated carbocycles. The highest BCUT2D eigenvalue weighted by atomic mass is 16.5. The van der Waals surface area contributed by atoms with Crippen molar-refractivity contribution in [3.63, 3.8) is 0 Å². The number of benzene rings is 2. The second-order valence-corrected chi connectivity index (χ2v) is 8.70. The van der Waals surface area contributed by atoms with E-state index in [0.717, 1.165) is 11.1 Å². The Hall–Kier alpha value is -2.17. The third-order valence-electron chi connectivity index (χ3n) is 6.19. The summed E-state index contributed by atoms with van der Waals surface area (Å²) < 4.78 is 6.37. The van der Waals surface area contributed by atoms with Crippen LogP contribution >= 0.6 is 0 Å². The van der Waals surface area contributed by atoms with Crippen LogP contribution in [0.1, 0.15) is 44.7 Å². The van der Waals surface area contributed by atoms with Crippen LogP contribution in [0.25, 0.3) is 0 Å². The van der Waals surface area contributed by atoms with E-state index in [0.29, 0.717) is 25.7 Å². The van der Waals surface area contributed by atoms with Gasteiger partial charge in [-0.25, -0.2) is 0 Å². The summed E-state index contributed by atoms with van der Waals surface area (Å²) in [6.45, 7) is 5.46. The summed E-state index contributed by atoms with van der Waals surface area (Å²) in [4.78, 5) is 11.6. The van der Waals surface area contributed by atoms with Gasteiger partial charge in [0.15, 0.2) is 0 Å². The lowest BCUT2D eigenvalue weighted by Gasteiger charge is -2.55. The summed E-state index contributed by atoms with van der Waals surface area (Å²) in [6, 6.07) is 19.7. The zero-order chi connectivity index (χ0) is 20.4. The molecule has 2 aromatic rings. The van der Waals surface area contributed by atoms with Crippen molar-refractivity contribution in [1.82, 2.24) is 0 Å². The zero-order valence-corrected chi connectivity index (χ0v) is 16.9. The predicted molar refractivity (Wildman–Crippen MR) is 107 cm³/mol. The molecular weight excluding hydrogens is 352 g/mol. The number of hydrogen-bond acceptors (Lipinski definition) is 4. The largest absolute Gasteiger partial charge is 0.550 e. The minimum atomic E-state index is -1.19. The SMILES string of the molecule is CC1(C)O[C@@](C)(C(O)(Cc2ccccc2)Cc2ccccc2)CC[C@H]1C(=O)[O-]. The molecule has 0 aromatic heterocycles. The van der Waals surface area contributed by atoms with Crippen LogP contribution in [0.4, 0.5) is 0 Å². The predicted octanol–water partition coefficient (Wildman–Crippen LogP) is 2.92. The summed E-state index contributed by atoms with van der Waals surface area (Å²) >= 11 is 0. The molecule has 0 unspecified atom stereocenters. The topological polar surface area (TPSA) is 69.6 Å². The first-order valence-corrected chi connectivity index (χ1v) is 9.86. The Bertz CT molecular complexity index is 758. The fourth-order valence-electron chi connectivity index (χ4n) is 4.50. The third-order valence-corrected chi connectivity index (χ3v) is 6.19. The molecule has 150 valence electrons. The molecule has 0 spiro atoms. The van der Waals surface area contributed by atoms with Gasteiger partial charge in [0, 0.05) is 24.7 Å². The Morgan fingerprint density at radius 3 is 1.89 bits per heavy atom. The Kier molecular flexibility index (Phi) is 5.64. The van der Waals surface area contributed by atoms with Crippen LogP contribution in [0.5, 0.6) is 0 Å². The number of carboxylic acid groups (broad SMARTS) is 1. The molecule has 1 N–H and O–H groups in total. The highest BCUT2D eigenvalue weighted by Gasteiger charge is 2.54. The number of carbonyl (C=O) groups excluding carboxylic acids is 1. The quantitative estimate of drug-likeness (QED) is 0.835. The molecule has 1 aliphatic rings. The van der Waals surface area contributed by atoms with Crippen LogP contribution in [0.3, 0.4) is 0 Å². The molecule has 2 aromatic carbocycles. The Labute approximate surface area is 167 Å². The van der Waals surface area contributed by atoms with Crippen molar-refractivity contribution in [2.75, 3.05) is 0 Å². The van der Waals surface area contributed by atoms with Gasteiger partial charge in [-0.3, -0.25) is 0 Å². The van der Waals surface area contributed by atoms with Crippen LogP contribution in [-0.2, 0) is 22.4 Å². The van der Waals surface area contributed by atoms with Crippen LogP contribution < -0.4 is 5.11 Å². The maximum Gasteiger partial charge on any atom is 0.101 e. The van der Waals surface area contributed by atoms with Gasteiger partial charge < -0.3 is 19.7 Å². The number of carboxylic acids is 1. The summed E-state index contributed by atoms with van der Waals surface area (Å²) in [7, 11) is 0. The van der Waals surface area contributed by atoms with Crippen LogP contribution in [0.15, 0.2) is 60.7 Å². The van der Waals surface area contributed by atoms with E-state index >= 15 is 0 Å². The molecule has 0 bridgehead atoms. The third kappa shape index (κ3) is 4.13. The Morgan fingerprint density at radius 1 is 1.04 bits per heavy atom. The van der Waals surface area contributed by atoms with E-state index in [4.69, 9.17) is 4.74 Å². The molecule has 0 aliphatic carbocycles. The molecule has 4 heteroatoms. The van der Waals surface area contributed by atoms with Crippen molar-refractivity contribution in [3.8, 4) is 0 Å². The van der Waals surface area contributed by atoms with Crippen LogP contribution in [0, 0.1) is 5.92 Å². The summed E-state index contributed by atoms with van der Waals surface area (Å²) in [6.07, 6.45) is 1.71. The van der Waals surface area contributed by atoms with E-state index in [-0.39, 0.29) is 0 Å². The van der Waals surface area contributed by atoms with Gasteiger partial charge in [-0.2, -0.15) is 0 Å². The van der Waals surface area contributed by atoms with Crippen LogP contribution in [-0.4, -0.2) is 27.9 Å². The highest BCUT2D eigenvalue weighted by Crippen LogP contribution is 2.46. The average molecular weight is 381 g/mol. The number of carbonyl (C=O) groups is 1. The van der Waals surface area contributed by atoms with Gasteiger partial charge in [0.1, 0.15) is 5.60 Å². The van der Waals surface area contributed by atoms with E-state index in [1.54, 1.807) is 13.8 Å². The van der Waals surface area contributed by atoms with Gasteiger partial charge in [0.05, 0.1) is 11.2 Å². The van der Waals surface area contributed by atoms with E-state index in [1.165, 1.54) is 0 Å². The number of rotatable bonds is 6. The smallest absolute Gasteiger partial charge is 0.101 e. The first kappa shape index (κ1) is 20.6. The number of aliphatic carboxylic acids is 1. The van der Waals surface area contributed by atoms with E-state index in [1.807, 2.05) is 67.6 Å². The fourth-order valence-corrected chi connectivity index (χ4v) is 4.50. The van der Waals surface area contributed by atoms with Gasteiger partial charge in [-0.1, -0.05) is 60.7 Å². The maximum atomic E-state index is 12.0. The summed E-state index contributed by atoms with van der Waals surface area (Å²) in [5.41, 5.74) is -0.971. The maximum absolute atomic E-state index is 12.0. The standard InChI is InChI=1S/C24H30O4/c1-22(2)20(21(25)26)14-15-23(3,28-22)24(27,16-18-10-6-4-7-11-18)17-19-12-8-5-9-13-19/h4-13,20,27H,14-17H2,1-3H3,(H,25,26)/p-1/t20-,23+/m0/s1. The summed E-state index contributed by atoms with van der Waals surface area (Å²) in [5.74, 6) is -1.79. The Balaban J connectivity index is 1.97. The molecule has 1 heterocycles. The fraction of sp³-hybridized carbons (Fsp3) is 0.458. The average Bonchev–Trinajstić information content (AvgIpc) is 2.62. The first-order chi connectivity index (χ1) is 13.2. The van der Waals surface area contributed by atoms with Crippen molar-refractivity contribution in [2.24, 2.45) is 5.92 Å². The van der Waals surface area contributed by atoms with E-state index in [2.05, 4.69) is 0 Å². The lowest BCUT2D eigenvalue weighted by atomic mass is 9.68. The van der Waals surface area contributed by atoms with Crippen molar-refractivity contribution >= 4 is 5.97 Å². The molecule has 1 saturated heterocycles. The van der Waals surface area contributed by atoms with Gasteiger partial charge in [-0.05, 0) is 44.7 Å². The van der Waals surface area contributed by atoms with Gasteiger partial charge >= 0.3 is 0 Å². The molecule has 0 amide bonds. The van der Waals surface area contributed by atoms with E-state index < -0.39 is 28.7 Å². The van der Waals surface area contributed by atoms with Gasteiger partial charge in [0.25, 0.3) is 0 Å². The lowest BCUT2D eigenvalue weighted by molar-refractivity contribution is -0.331. The molecule has 28 heavy (non-hydrogen) atoms. The normalized spacial score (nSPS) is 24.6. The van der Waals surface area contributed by atoms with Crippen molar-refractivity contribution in [3.05, 3.63) is 71.8 Å². The molecule has 1 fully saturated rings. The minimum Gasteiger partial charge on any atom is -0.550 e. The van der Waals surface area contributed by atoms with Crippen molar-refractivity contribution in [2.45, 2.75) is 63.3 Å². The van der Waals surface area contributed by atoms with Gasteiger partial charge in [-0.15, -0.1) is 0 Å². The molecule has 4 nitrogen and oxygen atoms in total. The number of hydrogen-bond donors (Lipinski definition) is 1. The minimum absolute atomic E-state index is 0.414. The zero-order valence-electron chi connectivity index (χ0n) is 16.9. The van der Waals surface area contributed by atoms with Crippen LogP contribution in [0.2, 0.25) is 0 Å². The highest BCUT2D eigenvalue weighted by molar-refractivity contribution is 5.69. The summed E-state index contributed by atoms with van der Waals surface area (Å²) in [5, 5.41) is 23.5. The second-order valence-electron chi connectivity index (χ2n) is 8.70. The second kappa shape index (κ2) is 7.69. The van der Waals surface area contributed by atoms with Gasteiger partial charge in [0.2, 0.25) is 0 Å².